The molecule has 0 radical (unpaired) electrons. The van der Waals surface area contributed by atoms with Gasteiger partial charge in [-0.2, -0.15) is 14.6 Å². The predicted molar refractivity (Wildman–Crippen MR) is 198 cm³/mol. The minimum atomic E-state index is -0.284. The summed E-state index contributed by atoms with van der Waals surface area (Å²) in [7, 11) is 1.62. The van der Waals surface area contributed by atoms with Crippen molar-refractivity contribution in [2.75, 3.05) is 13.7 Å². The number of fused-ring (bicyclic) bond motifs is 1. The summed E-state index contributed by atoms with van der Waals surface area (Å²) >= 11 is 1.27. The first-order chi connectivity index (χ1) is 25.0. The van der Waals surface area contributed by atoms with E-state index in [1.54, 1.807) is 30.0 Å². The molecule has 51 heavy (non-hydrogen) atoms. The number of thiazole rings is 1. The van der Waals surface area contributed by atoms with Crippen molar-refractivity contribution >= 4 is 34.5 Å². The Kier molecular flexibility index (Phi) is 9.98. The number of methoxy groups -OCH3 is 1. The monoisotopic (exact) mass is 699 g/mol. The van der Waals surface area contributed by atoms with Gasteiger partial charge in [-0.15, -0.1) is 5.10 Å². The van der Waals surface area contributed by atoms with Crippen LogP contribution >= 0.6 is 11.3 Å². The Morgan fingerprint density at radius 1 is 0.882 bits per heavy atom. The van der Waals surface area contributed by atoms with Gasteiger partial charge in [0.1, 0.15) is 23.9 Å². The Bertz CT molecular complexity index is 2400. The first-order valence-electron chi connectivity index (χ1n) is 16.5. The van der Waals surface area contributed by atoms with Crippen LogP contribution in [0, 0.1) is 5.82 Å². The Morgan fingerprint density at radius 3 is 2.43 bits per heavy atom. The fourth-order valence-electron chi connectivity index (χ4n) is 5.35. The molecule has 7 rings (SSSR count). The quantitative estimate of drug-likeness (QED) is 0.114. The normalized spacial score (nSPS) is 11.9. The lowest BCUT2D eigenvalue weighted by Crippen LogP contribution is -2.23. The number of halogens is 1. The Morgan fingerprint density at radius 2 is 1.69 bits per heavy atom. The van der Waals surface area contributed by atoms with Crippen molar-refractivity contribution in [3.05, 3.63) is 146 Å². The largest absolute Gasteiger partial charge is 0.493 e. The second kappa shape index (κ2) is 15.2. The SMILES string of the molecule is CCCCOc1ccc(/C=C/c2nc3s/c(=C\c4cn(-c5ccccc5)nc4-c4ccc(OCc5ccc(F)cc5)cc4)c(=O)n3n2)cc1OC. The van der Waals surface area contributed by atoms with Crippen LogP contribution in [0.25, 0.3) is 40.1 Å². The molecular formula is C40H34FN5O4S. The summed E-state index contributed by atoms with van der Waals surface area (Å²) in [6.45, 7) is 3.07. The topological polar surface area (TPSA) is 92.8 Å². The number of nitrogens with zero attached hydrogens (tertiary/aromatic N) is 5. The van der Waals surface area contributed by atoms with Crippen LogP contribution in [0.15, 0.2) is 108 Å². The standard InChI is InChI=1S/C40H34FN5O4S/c1-3-4-22-49-34-20-12-27(23-35(34)48-2)13-21-37-42-40-46(43-37)39(47)36(51-40)24-30-25-45(32-8-6-5-7-9-32)44-38(30)29-14-18-33(19-15-29)50-26-28-10-16-31(41)17-11-28/h5-21,23-25H,3-4,22,26H2,1-2H3/b21-13+,36-24-. The number of benzene rings is 4. The molecule has 0 aliphatic rings. The van der Waals surface area contributed by atoms with Gasteiger partial charge >= 0.3 is 0 Å². The van der Waals surface area contributed by atoms with Crippen molar-refractivity contribution in [1.29, 1.82) is 0 Å². The van der Waals surface area contributed by atoms with Gasteiger partial charge in [0.05, 0.1) is 23.9 Å². The summed E-state index contributed by atoms with van der Waals surface area (Å²) in [6.07, 6.45) is 9.40. The lowest BCUT2D eigenvalue weighted by Gasteiger charge is -2.10. The summed E-state index contributed by atoms with van der Waals surface area (Å²) in [6, 6.07) is 29.3. The Labute approximate surface area is 297 Å². The fraction of sp³-hybridized carbons (Fsp3) is 0.150. The zero-order valence-electron chi connectivity index (χ0n) is 28.0. The Hall–Kier alpha value is -6.07. The van der Waals surface area contributed by atoms with Crippen molar-refractivity contribution in [2.24, 2.45) is 0 Å². The van der Waals surface area contributed by atoms with E-state index in [-0.39, 0.29) is 11.4 Å². The van der Waals surface area contributed by atoms with E-state index in [0.717, 1.165) is 40.8 Å². The second-order valence-electron chi connectivity index (χ2n) is 11.7. The number of rotatable bonds is 13. The molecule has 0 spiro atoms. The van der Waals surface area contributed by atoms with E-state index in [2.05, 4.69) is 17.0 Å². The number of aromatic nitrogens is 5. The number of unbranched alkanes of at least 4 members (excludes halogenated alkanes) is 1. The summed E-state index contributed by atoms with van der Waals surface area (Å²) in [5, 5.41) is 9.37. The van der Waals surface area contributed by atoms with Crippen LogP contribution < -0.4 is 24.3 Å². The highest BCUT2D eigenvalue weighted by molar-refractivity contribution is 7.15. The molecule has 0 aliphatic carbocycles. The maximum absolute atomic E-state index is 13.5. The third-order valence-corrected chi connectivity index (χ3v) is 9.02. The van der Waals surface area contributed by atoms with Gasteiger partial charge < -0.3 is 14.2 Å². The number of hydrogen-bond donors (Lipinski definition) is 0. The minimum absolute atomic E-state index is 0.264. The van der Waals surface area contributed by atoms with Gasteiger partial charge in [-0.05, 0) is 90.4 Å². The van der Waals surface area contributed by atoms with Gasteiger partial charge in [0, 0.05) is 17.3 Å². The lowest BCUT2D eigenvalue weighted by atomic mass is 10.1. The molecule has 11 heteroatoms. The second-order valence-corrected chi connectivity index (χ2v) is 12.7. The molecule has 7 aromatic rings. The van der Waals surface area contributed by atoms with Crippen LogP contribution in [0.4, 0.5) is 4.39 Å². The number of ether oxygens (including phenoxy) is 3. The number of hydrogen-bond acceptors (Lipinski definition) is 8. The molecular weight excluding hydrogens is 666 g/mol. The zero-order valence-corrected chi connectivity index (χ0v) is 28.8. The minimum Gasteiger partial charge on any atom is -0.493 e. The molecule has 0 saturated heterocycles. The summed E-state index contributed by atoms with van der Waals surface area (Å²) in [4.78, 5) is 18.6. The van der Waals surface area contributed by atoms with Crippen LogP contribution in [-0.2, 0) is 6.61 Å². The van der Waals surface area contributed by atoms with Crippen molar-refractivity contribution in [2.45, 2.75) is 26.4 Å². The first kappa shape index (κ1) is 33.4. The third-order valence-electron chi connectivity index (χ3n) is 8.06. The van der Waals surface area contributed by atoms with E-state index in [1.165, 1.54) is 28.0 Å². The fourth-order valence-corrected chi connectivity index (χ4v) is 6.26. The Balaban J connectivity index is 1.15. The molecule has 3 heterocycles. The van der Waals surface area contributed by atoms with Crippen molar-refractivity contribution < 1.29 is 18.6 Å². The van der Waals surface area contributed by atoms with Crippen molar-refractivity contribution in [1.82, 2.24) is 24.4 Å². The number of para-hydroxylation sites is 1. The van der Waals surface area contributed by atoms with E-state index < -0.39 is 0 Å². The van der Waals surface area contributed by atoms with E-state index >= 15 is 0 Å². The molecule has 3 aromatic heterocycles. The molecule has 0 amide bonds. The zero-order chi connectivity index (χ0) is 35.2. The molecule has 0 saturated carbocycles. The van der Waals surface area contributed by atoms with Crippen molar-refractivity contribution in [3.63, 3.8) is 0 Å². The molecule has 0 bridgehead atoms. The molecule has 9 nitrogen and oxygen atoms in total. The van der Waals surface area contributed by atoms with Gasteiger partial charge in [0.2, 0.25) is 4.96 Å². The van der Waals surface area contributed by atoms with Crippen molar-refractivity contribution in [3.8, 4) is 34.2 Å². The smallest absolute Gasteiger partial charge is 0.291 e. The molecule has 0 fully saturated rings. The van der Waals surface area contributed by atoms with Gasteiger partial charge in [-0.3, -0.25) is 4.79 Å². The average Bonchev–Trinajstić information content (AvgIpc) is 3.85. The van der Waals surface area contributed by atoms with Gasteiger partial charge in [-0.25, -0.2) is 9.07 Å². The van der Waals surface area contributed by atoms with E-state index in [9.17, 15) is 9.18 Å². The highest BCUT2D eigenvalue weighted by Crippen LogP contribution is 2.29. The van der Waals surface area contributed by atoms with Crippen LogP contribution in [0.5, 0.6) is 17.2 Å². The average molecular weight is 700 g/mol. The predicted octanol–water partition coefficient (Wildman–Crippen LogP) is 7.63. The first-order valence-corrected chi connectivity index (χ1v) is 17.3. The van der Waals surface area contributed by atoms with E-state index in [4.69, 9.17) is 19.3 Å². The molecule has 256 valence electrons. The molecule has 4 aromatic carbocycles. The van der Waals surface area contributed by atoms with E-state index in [1.807, 2.05) is 91.1 Å². The molecule has 0 aliphatic heterocycles. The van der Waals surface area contributed by atoms with Crippen LogP contribution in [-0.4, -0.2) is 38.1 Å². The highest BCUT2D eigenvalue weighted by atomic mass is 32.1. The van der Waals surface area contributed by atoms with Crippen LogP contribution in [0.1, 0.15) is 42.3 Å². The maximum atomic E-state index is 13.5. The summed E-state index contributed by atoms with van der Waals surface area (Å²) in [5.41, 5.74) is 4.68. The van der Waals surface area contributed by atoms with Gasteiger partial charge in [-0.1, -0.05) is 67.2 Å². The molecule has 0 unspecified atom stereocenters. The van der Waals surface area contributed by atoms with Gasteiger partial charge in [0.25, 0.3) is 5.56 Å². The van der Waals surface area contributed by atoms with Gasteiger partial charge in [0.15, 0.2) is 17.3 Å². The lowest BCUT2D eigenvalue weighted by molar-refractivity contribution is 0.288. The van der Waals surface area contributed by atoms with E-state index in [0.29, 0.717) is 51.5 Å². The maximum Gasteiger partial charge on any atom is 0.291 e. The van der Waals surface area contributed by atoms with Crippen LogP contribution in [0.2, 0.25) is 0 Å². The summed E-state index contributed by atoms with van der Waals surface area (Å²) < 4.78 is 34.2. The molecule has 0 N–H and O–H groups in total. The summed E-state index contributed by atoms with van der Waals surface area (Å²) in [5.74, 6) is 2.15. The third kappa shape index (κ3) is 7.73. The van der Waals surface area contributed by atoms with Crippen LogP contribution in [0.3, 0.4) is 0 Å². The highest BCUT2D eigenvalue weighted by Gasteiger charge is 2.15. The molecule has 0 atom stereocenters.